The van der Waals surface area contributed by atoms with Crippen molar-refractivity contribution in [3.8, 4) is 0 Å². The maximum Gasteiger partial charge on any atom is 0.0346 e. The second kappa shape index (κ2) is 5.09. The molecule has 2 heterocycles. The minimum Gasteiger partial charge on any atom is -0.295 e. The molecule has 0 radical (unpaired) electrons. The Labute approximate surface area is 115 Å². The van der Waals surface area contributed by atoms with E-state index in [4.69, 9.17) is 0 Å². The monoisotopic (exact) mass is 309 g/mol. The molecule has 1 fully saturated rings. The van der Waals surface area contributed by atoms with E-state index in [0.717, 1.165) is 17.9 Å². The zero-order valence-electron chi connectivity index (χ0n) is 9.73. The third-order valence-corrected chi connectivity index (χ3v) is 5.37. The zero-order valence-corrected chi connectivity index (χ0v) is 12.1. The minimum absolute atomic E-state index is 0.730. The first-order chi connectivity index (χ1) is 8.38. The number of thiophene rings is 1. The van der Waals surface area contributed by atoms with Crippen LogP contribution in [0, 0.1) is 0 Å². The van der Waals surface area contributed by atoms with Gasteiger partial charge in [-0.1, -0.05) is 34.1 Å². The molecule has 2 aromatic rings. The molecule has 3 heteroatoms. The van der Waals surface area contributed by atoms with Gasteiger partial charge in [-0.05, 0) is 41.8 Å². The quantitative estimate of drug-likeness (QED) is 0.766. The maximum absolute atomic E-state index is 3.63. The SMILES string of the molecule is BrCC1CCCN1Cc1csc2ccccc12. The number of nitrogens with zero attached hydrogens (tertiary/aromatic N) is 1. The van der Waals surface area contributed by atoms with Crippen molar-refractivity contribution >= 4 is 37.4 Å². The first-order valence-electron chi connectivity index (χ1n) is 6.13. The molecular weight excluding hydrogens is 294 g/mol. The standard InChI is InChI=1S/C14H16BrNS/c15-8-12-4-3-7-16(12)9-11-10-17-14-6-2-1-5-13(11)14/h1-2,5-6,10,12H,3-4,7-9H2. The van der Waals surface area contributed by atoms with Crippen LogP contribution in [-0.4, -0.2) is 22.8 Å². The molecule has 0 amide bonds. The van der Waals surface area contributed by atoms with Crippen molar-refractivity contribution in [1.82, 2.24) is 4.90 Å². The van der Waals surface area contributed by atoms with Crippen molar-refractivity contribution in [2.45, 2.75) is 25.4 Å². The Morgan fingerprint density at radius 1 is 1.35 bits per heavy atom. The van der Waals surface area contributed by atoms with E-state index in [1.807, 2.05) is 11.3 Å². The summed E-state index contributed by atoms with van der Waals surface area (Å²) in [6, 6.07) is 9.47. The van der Waals surface area contributed by atoms with Crippen LogP contribution in [0.1, 0.15) is 18.4 Å². The van der Waals surface area contributed by atoms with Crippen LogP contribution in [0.2, 0.25) is 0 Å². The van der Waals surface area contributed by atoms with Crippen molar-refractivity contribution in [3.63, 3.8) is 0 Å². The summed E-state index contributed by atoms with van der Waals surface area (Å²) in [6.45, 7) is 2.36. The fourth-order valence-electron chi connectivity index (χ4n) is 2.65. The average molecular weight is 310 g/mol. The van der Waals surface area contributed by atoms with Crippen molar-refractivity contribution in [2.24, 2.45) is 0 Å². The zero-order chi connectivity index (χ0) is 11.7. The Balaban J connectivity index is 1.85. The summed E-state index contributed by atoms with van der Waals surface area (Å²) in [5.74, 6) is 0. The van der Waals surface area contributed by atoms with E-state index >= 15 is 0 Å². The van der Waals surface area contributed by atoms with E-state index in [9.17, 15) is 0 Å². The van der Waals surface area contributed by atoms with Crippen LogP contribution in [0.15, 0.2) is 29.6 Å². The molecule has 0 bridgehead atoms. The van der Waals surface area contributed by atoms with Gasteiger partial charge in [0.05, 0.1) is 0 Å². The molecule has 1 saturated heterocycles. The molecule has 0 spiro atoms. The van der Waals surface area contributed by atoms with Crippen molar-refractivity contribution in [2.75, 3.05) is 11.9 Å². The lowest BCUT2D eigenvalue weighted by atomic mass is 10.1. The second-order valence-corrected chi connectivity index (χ2v) is 6.24. The smallest absolute Gasteiger partial charge is 0.0346 e. The number of hydrogen-bond acceptors (Lipinski definition) is 2. The maximum atomic E-state index is 3.63. The number of halogens is 1. The predicted octanol–water partition coefficient (Wildman–Crippen LogP) is 4.26. The summed E-state index contributed by atoms with van der Waals surface area (Å²) >= 11 is 5.50. The summed E-state index contributed by atoms with van der Waals surface area (Å²) in [7, 11) is 0. The highest BCUT2D eigenvalue weighted by Crippen LogP contribution is 2.29. The lowest BCUT2D eigenvalue weighted by molar-refractivity contribution is 0.266. The van der Waals surface area contributed by atoms with Crippen LogP contribution in [0.5, 0.6) is 0 Å². The van der Waals surface area contributed by atoms with Crippen LogP contribution in [0.25, 0.3) is 10.1 Å². The van der Waals surface area contributed by atoms with E-state index in [1.54, 1.807) is 0 Å². The number of likely N-dealkylation sites (tertiary alicyclic amines) is 1. The van der Waals surface area contributed by atoms with Gasteiger partial charge < -0.3 is 0 Å². The number of benzene rings is 1. The average Bonchev–Trinajstić information content (AvgIpc) is 2.97. The normalized spacial score (nSPS) is 21.4. The van der Waals surface area contributed by atoms with Gasteiger partial charge in [0.1, 0.15) is 0 Å². The van der Waals surface area contributed by atoms with Gasteiger partial charge in [0, 0.05) is 22.6 Å². The van der Waals surface area contributed by atoms with Gasteiger partial charge in [-0.2, -0.15) is 0 Å². The highest BCUT2D eigenvalue weighted by molar-refractivity contribution is 9.09. The number of hydrogen-bond donors (Lipinski definition) is 0. The molecule has 0 aliphatic carbocycles. The Kier molecular flexibility index (Phi) is 3.50. The molecule has 90 valence electrons. The molecule has 1 atom stereocenters. The summed E-state index contributed by atoms with van der Waals surface area (Å²) in [5.41, 5.74) is 1.50. The van der Waals surface area contributed by atoms with Crippen LogP contribution in [-0.2, 0) is 6.54 Å². The highest BCUT2D eigenvalue weighted by atomic mass is 79.9. The van der Waals surface area contributed by atoms with Gasteiger partial charge in [-0.15, -0.1) is 11.3 Å². The largest absolute Gasteiger partial charge is 0.295 e. The molecule has 1 aliphatic rings. The molecule has 1 nitrogen and oxygen atoms in total. The first-order valence-corrected chi connectivity index (χ1v) is 8.13. The third-order valence-electron chi connectivity index (χ3n) is 3.61. The Hall–Kier alpha value is -0.380. The summed E-state index contributed by atoms with van der Waals surface area (Å²) in [4.78, 5) is 2.61. The summed E-state index contributed by atoms with van der Waals surface area (Å²) in [5, 5.41) is 4.88. The van der Waals surface area contributed by atoms with E-state index in [0.29, 0.717) is 0 Å². The van der Waals surface area contributed by atoms with Crippen LogP contribution < -0.4 is 0 Å². The van der Waals surface area contributed by atoms with E-state index in [2.05, 4.69) is 50.5 Å². The molecule has 1 unspecified atom stereocenters. The van der Waals surface area contributed by atoms with Crippen molar-refractivity contribution in [1.29, 1.82) is 0 Å². The number of alkyl halides is 1. The number of fused-ring (bicyclic) bond motifs is 1. The third kappa shape index (κ3) is 2.28. The Morgan fingerprint density at radius 3 is 3.12 bits per heavy atom. The van der Waals surface area contributed by atoms with Crippen LogP contribution >= 0.6 is 27.3 Å². The van der Waals surface area contributed by atoms with Crippen LogP contribution in [0.3, 0.4) is 0 Å². The van der Waals surface area contributed by atoms with E-state index < -0.39 is 0 Å². The summed E-state index contributed by atoms with van der Waals surface area (Å²) in [6.07, 6.45) is 2.69. The molecule has 3 rings (SSSR count). The Bertz CT molecular complexity index is 508. The Morgan fingerprint density at radius 2 is 2.24 bits per heavy atom. The molecule has 17 heavy (non-hydrogen) atoms. The molecule has 0 N–H and O–H groups in total. The number of rotatable bonds is 3. The fraction of sp³-hybridized carbons (Fsp3) is 0.429. The molecule has 0 saturated carbocycles. The summed E-state index contributed by atoms with van der Waals surface area (Å²) < 4.78 is 1.41. The highest BCUT2D eigenvalue weighted by Gasteiger charge is 2.23. The van der Waals surface area contributed by atoms with Gasteiger partial charge in [0.2, 0.25) is 0 Å². The van der Waals surface area contributed by atoms with Gasteiger partial charge >= 0.3 is 0 Å². The van der Waals surface area contributed by atoms with E-state index in [-0.39, 0.29) is 0 Å². The molecule has 1 aromatic carbocycles. The van der Waals surface area contributed by atoms with Crippen molar-refractivity contribution in [3.05, 3.63) is 35.2 Å². The lowest BCUT2D eigenvalue weighted by Crippen LogP contribution is -2.29. The predicted molar refractivity (Wildman–Crippen MR) is 79.1 cm³/mol. The van der Waals surface area contributed by atoms with Gasteiger partial charge in [0.15, 0.2) is 0 Å². The topological polar surface area (TPSA) is 3.24 Å². The minimum atomic E-state index is 0.730. The first kappa shape index (κ1) is 11.7. The second-order valence-electron chi connectivity index (χ2n) is 4.68. The fourth-order valence-corrected chi connectivity index (χ4v) is 4.34. The van der Waals surface area contributed by atoms with Gasteiger partial charge in [-0.25, -0.2) is 0 Å². The van der Waals surface area contributed by atoms with Gasteiger partial charge in [0.25, 0.3) is 0 Å². The van der Waals surface area contributed by atoms with E-state index in [1.165, 1.54) is 35.0 Å². The van der Waals surface area contributed by atoms with Gasteiger partial charge in [-0.3, -0.25) is 4.90 Å². The van der Waals surface area contributed by atoms with Crippen LogP contribution in [0.4, 0.5) is 0 Å². The molecule has 1 aromatic heterocycles. The molecule has 1 aliphatic heterocycles. The van der Waals surface area contributed by atoms with Crippen molar-refractivity contribution < 1.29 is 0 Å². The molecular formula is C14H16BrNS. The lowest BCUT2D eigenvalue weighted by Gasteiger charge is -2.22.